The molecule has 6 heteroatoms. The molecule has 1 fully saturated rings. The van der Waals surface area contributed by atoms with Gasteiger partial charge in [-0.2, -0.15) is 5.26 Å². The number of nitriles is 1. The molecule has 1 saturated heterocycles. The van der Waals surface area contributed by atoms with Crippen molar-refractivity contribution in [3.63, 3.8) is 0 Å². The molecule has 0 bridgehead atoms. The van der Waals surface area contributed by atoms with Gasteiger partial charge in [0.15, 0.2) is 6.10 Å². The summed E-state index contributed by atoms with van der Waals surface area (Å²) in [6.07, 6.45) is -0.508. The number of carbonyl (C=O) groups excluding carboxylic acids is 1. The lowest BCUT2D eigenvalue weighted by atomic mass is 10.2. The quantitative estimate of drug-likeness (QED) is 0.725. The van der Waals surface area contributed by atoms with E-state index in [1.807, 2.05) is 13.0 Å². The minimum absolute atomic E-state index is 0.0523. The van der Waals surface area contributed by atoms with Crippen molar-refractivity contribution in [3.8, 4) is 6.07 Å². The van der Waals surface area contributed by atoms with E-state index in [2.05, 4.69) is 4.98 Å². The zero-order valence-electron chi connectivity index (χ0n) is 8.84. The average molecular weight is 237 g/mol. The summed E-state index contributed by atoms with van der Waals surface area (Å²) in [5.74, 6) is -0.0523. The topological polar surface area (TPSA) is 66.2 Å². The van der Waals surface area contributed by atoms with Crippen molar-refractivity contribution >= 4 is 17.2 Å². The highest BCUT2D eigenvalue weighted by atomic mass is 32.1. The fraction of sp³-hybridized carbons (Fsp3) is 0.500. The van der Waals surface area contributed by atoms with Crippen molar-refractivity contribution in [1.82, 2.24) is 9.88 Å². The maximum absolute atomic E-state index is 12.1. The zero-order chi connectivity index (χ0) is 11.5. The second-order valence-electron chi connectivity index (χ2n) is 3.51. The van der Waals surface area contributed by atoms with Crippen molar-refractivity contribution in [2.75, 3.05) is 19.7 Å². The van der Waals surface area contributed by atoms with Gasteiger partial charge in [-0.3, -0.25) is 4.79 Å². The summed E-state index contributed by atoms with van der Waals surface area (Å²) >= 11 is 1.33. The summed E-state index contributed by atoms with van der Waals surface area (Å²) in [5, 5.41) is 8.75. The van der Waals surface area contributed by atoms with Gasteiger partial charge in [0.1, 0.15) is 4.88 Å². The lowest BCUT2D eigenvalue weighted by Gasteiger charge is -2.29. The molecule has 1 aromatic heterocycles. The molecular formula is C10H11N3O2S. The van der Waals surface area contributed by atoms with Crippen LogP contribution in [0.1, 0.15) is 15.4 Å². The summed E-state index contributed by atoms with van der Waals surface area (Å²) in [6, 6.07) is 2.02. The summed E-state index contributed by atoms with van der Waals surface area (Å²) in [7, 11) is 0. The van der Waals surface area contributed by atoms with Crippen LogP contribution < -0.4 is 0 Å². The van der Waals surface area contributed by atoms with Crippen LogP contribution in [-0.4, -0.2) is 41.6 Å². The van der Waals surface area contributed by atoms with Crippen LogP contribution in [0, 0.1) is 18.3 Å². The molecule has 1 aliphatic heterocycles. The van der Waals surface area contributed by atoms with E-state index in [4.69, 9.17) is 10.00 Å². The first-order valence-corrected chi connectivity index (χ1v) is 5.81. The van der Waals surface area contributed by atoms with E-state index in [1.165, 1.54) is 11.3 Å². The number of ether oxygens (including phenoxy) is 1. The Labute approximate surface area is 97.3 Å². The lowest BCUT2D eigenvalue weighted by molar-refractivity contribution is 0.00365. The third-order valence-corrected chi connectivity index (χ3v) is 3.35. The molecule has 2 rings (SSSR count). The molecule has 0 N–H and O–H groups in total. The van der Waals surface area contributed by atoms with Crippen LogP contribution in [0.15, 0.2) is 5.51 Å². The molecule has 1 atom stereocenters. The Hall–Kier alpha value is -1.45. The second kappa shape index (κ2) is 4.60. The summed E-state index contributed by atoms with van der Waals surface area (Å²) < 4.78 is 5.19. The number of hydrogen-bond donors (Lipinski definition) is 0. The highest BCUT2D eigenvalue weighted by Crippen LogP contribution is 2.17. The number of carbonyl (C=O) groups is 1. The predicted octanol–water partition coefficient (Wildman–Crippen LogP) is 0.816. The molecule has 5 nitrogen and oxygen atoms in total. The van der Waals surface area contributed by atoms with Crippen molar-refractivity contribution in [1.29, 1.82) is 5.26 Å². The first kappa shape index (κ1) is 11.0. The van der Waals surface area contributed by atoms with E-state index in [1.54, 1.807) is 10.4 Å². The minimum Gasteiger partial charge on any atom is -0.360 e. The van der Waals surface area contributed by atoms with Crippen molar-refractivity contribution in [2.24, 2.45) is 0 Å². The first-order chi connectivity index (χ1) is 7.72. The molecular weight excluding hydrogens is 226 g/mol. The molecule has 1 amide bonds. The Morgan fingerprint density at radius 3 is 3.25 bits per heavy atom. The Balaban J connectivity index is 2.11. The third-order valence-electron chi connectivity index (χ3n) is 2.44. The number of aromatic nitrogens is 1. The highest BCUT2D eigenvalue weighted by Gasteiger charge is 2.26. The molecule has 1 aromatic rings. The largest absolute Gasteiger partial charge is 0.360 e. The fourth-order valence-corrected chi connectivity index (χ4v) is 2.33. The molecule has 0 saturated carbocycles. The molecule has 1 aliphatic rings. The Bertz CT molecular complexity index is 438. The van der Waals surface area contributed by atoms with Gasteiger partial charge in [0.2, 0.25) is 0 Å². The molecule has 0 radical (unpaired) electrons. The molecule has 0 spiro atoms. The van der Waals surface area contributed by atoms with E-state index < -0.39 is 6.10 Å². The van der Waals surface area contributed by atoms with Crippen LogP contribution in [0.5, 0.6) is 0 Å². The van der Waals surface area contributed by atoms with E-state index in [0.29, 0.717) is 24.6 Å². The monoisotopic (exact) mass is 237 g/mol. The van der Waals surface area contributed by atoms with Crippen molar-refractivity contribution < 1.29 is 9.53 Å². The number of morpholine rings is 1. The summed E-state index contributed by atoms with van der Waals surface area (Å²) in [6.45, 7) is 3.11. The SMILES string of the molecule is Cc1ncsc1C(=O)N1CCOC(C#N)C1. The molecule has 0 aliphatic carbocycles. The molecule has 84 valence electrons. The maximum Gasteiger partial charge on any atom is 0.266 e. The number of hydrogen-bond acceptors (Lipinski definition) is 5. The average Bonchev–Trinajstić information content (AvgIpc) is 2.74. The van der Waals surface area contributed by atoms with E-state index in [-0.39, 0.29) is 5.91 Å². The van der Waals surface area contributed by atoms with Crippen molar-refractivity contribution in [3.05, 3.63) is 16.1 Å². The van der Waals surface area contributed by atoms with Crippen LogP contribution in [0.2, 0.25) is 0 Å². The van der Waals surface area contributed by atoms with Crippen molar-refractivity contribution in [2.45, 2.75) is 13.0 Å². The Morgan fingerprint density at radius 1 is 1.81 bits per heavy atom. The van der Waals surface area contributed by atoms with Crippen LogP contribution in [-0.2, 0) is 4.74 Å². The summed E-state index contributed by atoms with van der Waals surface area (Å²) in [5.41, 5.74) is 2.40. The minimum atomic E-state index is -0.508. The Morgan fingerprint density at radius 2 is 2.62 bits per heavy atom. The van der Waals surface area contributed by atoms with Gasteiger partial charge in [-0.15, -0.1) is 11.3 Å². The number of amides is 1. The van der Waals surface area contributed by atoms with Gasteiger partial charge in [0.25, 0.3) is 5.91 Å². The van der Waals surface area contributed by atoms with Crippen LogP contribution in [0.4, 0.5) is 0 Å². The fourth-order valence-electron chi connectivity index (χ4n) is 1.56. The summed E-state index contributed by atoms with van der Waals surface area (Å²) in [4.78, 5) is 18.4. The van der Waals surface area contributed by atoms with E-state index in [0.717, 1.165) is 5.69 Å². The van der Waals surface area contributed by atoms with E-state index in [9.17, 15) is 4.79 Å². The van der Waals surface area contributed by atoms with Gasteiger partial charge in [-0.25, -0.2) is 4.98 Å². The van der Waals surface area contributed by atoms with Gasteiger partial charge < -0.3 is 9.64 Å². The highest BCUT2D eigenvalue weighted by molar-refractivity contribution is 7.11. The third kappa shape index (κ3) is 2.05. The number of nitrogens with zero attached hydrogens (tertiary/aromatic N) is 3. The number of rotatable bonds is 1. The van der Waals surface area contributed by atoms with Crippen LogP contribution in [0.3, 0.4) is 0 Å². The molecule has 0 aromatic carbocycles. The smallest absolute Gasteiger partial charge is 0.266 e. The standard InChI is InChI=1S/C10H11N3O2S/c1-7-9(16-6-12-7)10(14)13-2-3-15-8(4-11)5-13/h6,8H,2-3,5H2,1H3. The molecule has 2 heterocycles. The van der Waals surface area contributed by atoms with Gasteiger partial charge in [0.05, 0.1) is 30.4 Å². The van der Waals surface area contributed by atoms with Crippen LogP contribution >= 0.6 is 11.3 Å². The Kier molecular flexibility index (Phi) is 3.17. The van der Waals surface area contributed by atoms with E-state index >= 15 is 0 Å². The lowest BCUT2D eigenvalue weighted by Crippen LogP contribution is -2.45. The van der Waals surface area contributed by atoms with Gasteiger partial charge >= 0.3 is 0 Å². The van der Waals surface area contributed by atoms with Gasteiger partial charge in [0, 0.05) is 6.54 Å². The maximum atomic E-state index is 12.1. The zero-order valence-corrected chi connectivity index (χ0v) is 9.66. The second-order valence-corrected chi connectivity index (χ2v) is 4.36. The number of thiazole rings is 1. The number of aryl methyl sites for hydroxylation is 1. The molecule has 1 unspecified atom stereocenters. The van der Waals surface area contributed by atoms with Gasteiger partial charge in [-0.05, 0) is 6.92 Å². The normalized spacial score (nSPS) is 20.5. The first-order valence-electron chi connectivity index (χ1n) is 4.93. The van der Waals surface area contributed by atoms with Crippen LogP contribution in [0.25, 0.3) is 0 Å². The molecule has 16 heavy (non-hydrogen) atoms. The predicted molar refractivity (Wildman–Crippen MR) is 58.1 cm³/mol. The van der Waals surface area contributed by atoms with Gasteiger partial charge in [-0.1, -0.05) is 0 Å².